The van der Waals surface area contributed by atoms with E-state index in [9.17, 15) is 46.2 Å². The number of carboxylic acids is 1. The molecule has 0 spiro atoms. The zero-order valence-electron chi connectivity index (χ0n) is 23.8. The first-order valence-electron chi connectivity index (χ1n) is 13.1. The summed E-state index contributed by atoms with van der Waals surface area (Å²) in [4.78, 5) is 54.5. The second-order valence-electron chi connectivity index (χ2n) is 10.1. The Morgan fingerprint density at radius 2 is 1.70 bits per heavy atom. The Balaban J connectivity index is 1.65. The first kappa shape index (κ1) is 31.9. The van der Waals surface area contributed by atoms with E-state index < -0.39 is 77.1 Å². The number of rotatable bonds is 9. The van der Waals surface area contributed by atoms with Crippen LogP contribution in [0.2, 0.25) is 0 Å². The second kappa shape index (κ2) is 11.9. The number of aliphatic carboxylic acids is 1. The Morgan fingerprint density at radius 3 is 2.27 bits per heavy atom. The van der Waals surface area contributed by atoms with Gasteiger partial charge in [0.1, 0.15) is 34.9 Å². The molecule has 2 atom stereocenters. The van der Waals surface area contributed by atoms with Gasteiger partial charge >= 0.3 is 17.8 Å². The molecule has 0 saturated heterocycles. The van der Waals surface area contributed by atoms with Crippen molar-refractivity contribution in [3.8, 4) is 11.1 Å². The number of imidazole rings is 1. The van der Waals surface area contributed by atoms with Crippen LogP contribution in [-0.2, 0) is 25.3 Å². The Hall–Kier alpha value is -5.02. The molecule has 3 N–H and O–H groups in total. The highest BCUT2D eigenvalue weighted by Gasteiger charge is 2.38. The summed E-state index contributed by atoms with van der Waals surface area (Å²) in [5, 5.41) is 13.8. The third-order valence-electron chi connectivity index (χ3n) is 7.29. The standard InChI is InChI=1S/C28H27F5N6O5/c1-5-20(28(31,32)33)35-14-10-17(29)22(18(30)11-14)24(40)36-19(26(42)43)12-15-6-7-16(23-34-8-9-39(15)23)21-13(2)37(3)27(44)38(4)25(21)41/h6-11,19-20,35H,5,12H2,1-4H3,(H,36,40)(H,42,43)/t19-,20+/m0/s1. The summed E-state index contributed by atoms with van der Waals surface area (Å²) < 4.78 is 72.5. The number of nitrogens with zero attached hydrogens (tertiary/aromatic N) is 4. The van der Waals surface area contributed by atoms with E-state index in [1.54, 1.807) is 6.92 Å². The summed E-state index contributed by atoms with van der Waals surface area (Å²) in [7, 11) is 2.82. The number of pyridine rings is 1. The van der Waals surface area contributed by atoms with Gasteiger partial charge in [-0.1, -0.05) is 6.92 Å². The molecule has 0 bridgehead atoms. The minimum atomic E-state index is -4.70. The number of amides is 1. The van der Waals surface area contributed by atoms with E-state index in [1.807, 2.05) is 5.32 Å². The van der Waals surface area contributed by atoms with Crippen LogP contribution in [0, 0.1) is 18.6 Å². The van der Waals surface area contributed by atoms with Gasteiger partial charge in [0.05, 0.1) is 5.56 Å². The van der Waals surface area contributed by atoms with Crippen molar-refractivity contribution in [1.82, 2.24) is 23.8 Å². The minimum Gasteiger partial charge on any atom is -0.480 e. The number of alkyl halides is 3. The predicted octanol–water partition coefficient (Wildman–Crippen LogP) is 3.16. The fraction of sp³-hybridized carbons (Fsp3) is 0.321. The summed E-state index contributed by atoms with van der Waals surface area (Å²) in [6.45, 7) is 2.81. The van der Waals surface area contributed by atoms with Crippen LogP contribution in [0.3, 0.4) is 0 Å². The van der Waals surface area contributed by atoms with Gasteiger partial charge in [-0.15, -0.1) is 0 Å². The maximum atomic E-state index is 14.8. The summed E-state index contributed by atoms with van der Waals surface area (Å²) in [6, 6.07) is 0.204. The van der Waals surface area contributed by atoms with Crippen molar-refractivity contribution in [2.75, 3.05) is 5.32 Å². The van der Waals surface area contributed by atoms with E-state index in [4.69, 9.17) is 0 Å². The van der Waals surface area contributed by atoms with Crippen molar-refractivity contribution in [2.24, 2.45) is 14.1 Å². The predicted molar refractivity (Wildman–Crippen MR) is 149 cm³/mol. The highest BCUT2D eigenvalue weighted by molar-refractivity contribution is 5.97. The number of benzene rings is 1. The van der Waals surface area contributed by atoms with Gasteiger partial charge in [0.2, 0.25) is 0 Å². The topological polar surface area (TPSA) is 140 Å². The maximum absolute atomic E-state index is 14.8. The molecule has 16 heteroatoms. The normalized spacial score (nSPS) is 13.1. The Bertz CT molecular complexity index is 1870. The van der Waals surface area contributed by atoms with E-state index in [0.29, 0.717) is 23.4 Å². The second-order valence-corrected chi connectivity index (χ2v) is 10.1. The molecule has 3 aromatic heterocycles. The zero-order chi connectivity index (χ0) is 32.7. The van der Waals surface area contributed by atoms with Gasteiger partial charge in [0.15, 0.2) is 0 Å². The molecule has 1 aromatic carbocycles. The van der Waals surface area contributed by atoms with Crippen LogP contribution in [0.15, 0.2) is 46.2 Å². The molecule has 4 rings (SSSR count). The van der Waals surface area contributed by atoms with Crippen molar-refractivity contribution in [1.29, 1.82) is 0 Å². The maximum Gasteiger partial charge on any atom is 0.408 e. The van der Waals surface area contributed by atoms with E-state index in [0.717, 1.165) is 4.57 Å². The largest absolute Gasteiger partial charge is 0.480 e. The lowest BCUT2D eigenvalue weighted by Crippen LogP contribution is -2.43. The van der Waals surface area contributed by atoms with Crippen molar-refractivity contribution in [2.45, 2.75) is 44.9 Å². The monoisotopic (exact) mass is 622 g/mol. The van der Waals surface area contributed by atoms with Crippen molar-refractivity contribution < 1.29 is 36.6 Å². The molecule has 234 valence electrons. The zero-order valence-corrected chi connectivity index (χ0v) is 23.8. The number of anilines is 1. The molecular formula is C28H27F5N6O5. The molecule has 0 aliphatic rings. The first-order chi connectivity index (χ1) is 20.6. The fourth-order valence-corrected chi connectivity index (χ4v) is 4.82. The number of carbonyl (C=O) groups excluding carboxylic acids is 1. The van der Waals surface area contributed by atoms with Crippen LogP contribution >= 0.6 is 0 Å². The summed E-state index contributed by atoms with van der Waals surface area (Å²) in [6.07, 6.45) is -2.65. The Kier molecular flexibility index (Phi) is 8.65. The lowest BCUT2D eigenvalue weighted by atomic mass is 10.0. The van der Waals surface area contributed by atoms with Crippen LogP contribution in [-0.4, -0.2) is 53.8 Å². The molecule has 0 aliphatic heterocycles. The van der Waals surface area contributed by atoms with Gasteiger partial charge in [0, 0.05) is 55.5 Å². The average molecular weight is 623 g/mol. The molecule has 4 aromatic rings. The van der Waals surface area contributed by atoms with E-state index >= 15 is 0 Å². The van der Waals surface area contributed by atoms with Gasteiger partial charge in [-0.05, 0) is 37.6 Å². The van der Waals surface area contributed by atoms with Crippen molar-refractivity contribution in [3.63, 3.8) is 0 Å². The lowest BCUT2D eigenvalue weighted by molar-refractivity contribution is -0.143. The molecule has 0 radical (unpaired) electrons. The quantitative estimate of drug-likeness (QED) is 0.244. The third-order valence-corrected chi connectivity index (χ3v) is 7.29. The van der Waals surface area contributed by atoms with Gasteiger partial charge in [-0.2, -0.15) is 13.2 Å². The molecule has 44 heavy (non-hydrogen) atoms. The number of aromatic nitrogens is 4. The van der Waals surface area contributed by atoms with E-state index in [-0.39, 0.29) is 16.9 Å². The molecule has 0 aliphatic carbocycles. The number of nitrogens with one attached hydrogen (secondary N) is 2. The van der Waals surface area contributed by atoms with Crippen LogP contribution in [0.5, 0.6) is 0 Å². The van der Waals surface area contributed by atoms with Crippen LogP contribution in [0.1, 0.15) is 35.1 Å². The smallest absolute Gasteiger partial charge is 0.408 e. The Labute approximate surface area is 245 Å². The first-order valence-corrected chi connectivity index (χ1v) is 13.1. The van der Waals surface area contributed by atoms with Crippen LogP contribution in [0.4, 0.5) is 27.6 Å². The molecule has 0 fully saturated rings. The fourth-order valence-electron chi connectivity index (χ4n) is 4.82. The van der Waals surface area contributed by atoms with Crippen LogP contribution in [0.25, 0.3) is 16.8 Å². The number of hydrogen-bond acceptors (Lipinski definition) is 6. The molecule has 0 saturated carbocycles. The number of carbonyl (C=O) groups is 2. The number of hydrogen-bond donors (Lipinski definition) is 3. The highest BCUT2D eigenvalue weighted by atomic mass is 19.4. The lowest BCUT2D eigenvalue weighted by Gasteiger charge is -2.22. The Morgan fingerprint density at radius 1 is 1.07 bits per heavy atom. The van der Waals surface area contributed by atoms with Gasteiger partial charge < -0.3 is 24.7 Å². The highest BCUT2D eigenvalue weighted by Crippen LogP contribution is 2.28. The van der Waals surface area contributed by atoms with Gasteiger partial charge in [0.25, 0.3) is 11.5 Å². The third kappa shape index (κ3) is 5.91. The van der Waals surface area contributed by atoms with Crippen molar-refractivity contribution >= 4 is 23.2 Å². The molecular weight excluding hydrogens is 595 g/mol. The SMILES string of the molecule is CC[C@@H](Nc1cc(F)c(C(=O)N[C@@H](Cc2ccc(-c3c(C)n(C)c(=O)n(C)c3=O)c3nccn23)C(=O)O)c(F)c1)C(F)(F)F. The summed E-state index contributed by atoms with van der Waals surface area (Å²) in [5.41, 5.74) is -1.42. The minimum absolute atomic E-state index is 0.185. The molecule has 0 unspecified atom stereocenters. The van der Waals surface area contributed by atoms with E-state index in [2.05, 4.69) is 10.3 Å². The molecule has 1 amide bonds. The molecule has 11 nitrogen and oxygen atoms in total. The van der Waals surface area contributed by atoms with Gasteiger partial charge in [-0.3, -0.25) is 14.2 Å². The average Bonchev–Trinajstić information content (AvgIpc) is 3.44. The van der Waals surface area contributed by atoms with Crippen LogP contribution < -0.4 is 21.9 Å². The number of halogens is 5. The number of fused-ring (bicyclic) bond motifs is 1. The number of carboxylic acid groups (broad SMARTS) is 1. The van der Waals surface area contributed by atoms with E-state index in [1.165, 1.54) is 54.5 Å². The van der Waals surface area contributed by atoms with Gasteiger partial charge in [-0.25, -0.2) is 23.4 Å². The summed E-state index contributed by atoms with van der Waals surface area (Å²) in [5.74, 6) is -5.98. The summed E-state index contributed by atoms with van der Waals surface area (Å²) >= 11 is 0. The van der Waals surface area contributed by atoms with Crippen molar-refractivity contribution in [3.05, 3.63) is 86.1 Å². The molecule has 3 heterocycles.